The van der Waals surface area contributed by atoms with Crippen LogP contribution >= 0.6 is 0 Å². The predicted octanol–water partition coefficient (Wildman–Crippen LogP) is 0.0860. The number of aliphatic hydroxyl groups excluding tert-OH is 1. The number of unbranched alkanes of at least 4 members (excludes halogenated alkanes) is 1. The minimum atomic E-state index is -1.39. The van der Waals surface area contributed by atoms with Crippen LogP contribution in [0.5, 0.6) is 5.75 Å². The number of amides is 2. The van der Waals surface area contributed by atoms with E-state index in [-0.39, 0.29) is 18.8 Å². The molecule has 1 aliphatic carbocycles. The van der Waals surface area contributed by atoms with Gasteiger partial charge < -0.3 is 40.8 Å². The van der Waals surface area contributed by atoms with E-state index in [1.54, 1.807) is 17.2 Å². The summed E-state index contributed by atoms with van der Waals surface area (Å²) in [5, 5.41) is 29.1. The summed E-state index contributed by atoms with van der Waals surface area (Å²) in [5.74, 6) is 4.17. The number of hydrazine groups is 1. The normalized spacial score (nSPS) is 27.0. The van der Waals surface area contributed by atoms with Crippen LogP contribution in [-0.2, 0) is 40.7 Å². The largest absolute Gasteiger partial charge is 0.481 e. The number of nitrogens with two attached hydrogens (primary N) is 2. The molecule has 1 aromatic rings. The van der Waals surface area contributed by atoms with Crippen molar-refractivity contribution < 1.29 is 43.6 Å². The van der Waals surface area contributed by atoms with Crippen LogP contribution in [-0.4, -0.2) is 88.0 Å². The van der Waals surface area contributed by atoms with Gasteiger partial charge in [-0.1, -0.05) is 12.1 Å². The van der Waals surface area contributed by atoms with Crippen LogP contribution in [0.15, 0.2) is 24.0 Å². The van der Waals surface area contributed by atoms with Crippen molar-refractivity contribution in [2.45, 2.75) is 115 Å². The molecule has 8 N–H and O–H groups in total. The maximum Gasteiger partial charge on any atom is 0.352 e. The van der Waals surface area contributed by atoms with Gasteiger partial charge in [0.25, 0.3) is 0 Å². The van der Waals surface area contributed by atoms with E-state index in [0.29, 0.717) is 50.1 Å². The van der Waals surface area contributed by atoms with Gasteiger partial charge in [-0.25, -0.2) is 14.6 Å². The minimum Gasteiger partial charge on any atom is -0.481 e. The molecule has 46 heavy (non-hydrogen) atoms. The number of carbonyl (C=O) groups excluding carboxylic acids is 4. The lowest BCUT2D eigenvalue weighted by Crippen LogP contribution is -2.73. The van der Waals surface area contributed by atoms with Gasteiger partial charge in [-0.2, -0.15) is 0 Å². The number of benzene rings is 1. The molecule has 0 unspecified atom stereocenters. The Morgan fingerprint density at radius 1 is 1.17 bits per heavy atom. The van der Waals surface area contributed by atoms with E-state index in [9.17, 15) is 29.4 Å². The third kappa shape index (κ3) is 6.36. The zero-order chi connectivity index (χ0) is 34.0. The number of hydrogen-bond donors (Lipinski definition) is 6. The number of rotatable bonds is 12. The molecule has 14 heteroatoms. The summed E-state index contributed by atoms with van der Waals surface area (Å²) >= 11 is 0. The van der Waals surface area contributed by atoms with Crippen LogP contribution in [0.25, 0.3) is 0 Å². The molecular formula is C32H47N5O9. The molecule has 2 aliphatic heterocycles. The van der Waals surface area contributed by atoms with Crippen LogP contribution < -0.4 is 26.9 Å². The smallest absolute Gasteiger partial charge is 0.352 e. The quantitative estimate of drug-likeness (QED) is 0.101. The van der Waals surface area contributed by atoms with Gasteiger partial charge in [0.1, 0.15) is 23.6 Å². The predicted molar refractivity (Wildman–Crippen MR) is 166 cm³/mol. The van der Waals surface area contributed by atoms with Gasteiger partial charge in [0.15, 0.2) is 12.2 Å². The van der Waals surface area contributed by atoms with Crippen molar-refractivity contribution in [1.29, 1.82) is 0 Å². The highest BCUT2D eigenvalue weighted by Crippen LogP contribution is 2.61. The van der Waals surface area contributed by atoms with Crippen molar-refractivity contribution in [2.75, 3.05) is 13.1 Å². The van der Waals surface area contributed by atoms with Crippen LogP contribution in [0.1, 0.15) is 76.5 Å². The molecule has 0 aromatic heterocycles. The second-order valence-electron chi connectivity index (χ2n) is 12.5. The molecule has 0 bridgehead atoms. The minimum absolute atomic E-state index is 0.102. The van der Waals surface area contributed by atoms with Gasteiger partial charge in [-0.3, -0.25) is 15.4 Å². The molecule has 1 spiro atoms. The van der Waals surface area contributed by atoms with E-state index in [1.165, 1.54) is 20.8 Å². The van der Waals surface area contributed by atoms with Crippen molar-refractivity contribution in [3.63, 3.8) is 0 Å². The number of fused-ring (bicyclic) bond motifs is 1. The number of piperidine rings is 1. The number of aliphatic hydroxyl groups is 2. The number of ether oxygens (including phenoxy) is 3. The van der Waals surface area contributed by atoms with E-state index in [1.807, 2.05) is 19.9 Å². The van der Waals surface area contributed by atoms with Crippen LogP contribution in [0.4, 0.5) is 0 Å². The van der Waals surface area contributed by atoms with E-state index < -0.39 is 65.1 Å². The van der Waals surface area contributed by atoms with E-state index in [4.69, 9.17) is 25.8 Å². The Morgan fingerprint density at radius 2 is 1.89 bits per heavy atom. The van der Waals surface area contributed by atoms with Crippen LogP contribution in [0, 0.1) is 6.92 Å². The van der Waals surface area contributed by atoms with Gasteiger partial charge in [-0.15, -0.1) is 0 Å². The van der Waals surface area contributed by atoms with Crippen LogP contribution in [0.3, 0.4) is 0 Å². The van der Waals surface area contributed by atoms with Gasteiger partial charge >= 0.3 is 11.9 Å². The maximum absolute atomic E-state index is 13.3. The van der Waals surface area contributed by atoms with E-state index in [2.05, 4.69) is 10.6 Å². The molecule has 14 nitrogen and oxygen atoms in total. The van der Waals surface area contributed by atoms with Crippen molar-refractivity contribution in [3.8, 4) is 5.75 Å². The molecule has 3 aliphatic rings. The van der Waals surface area contributed by atoms with Gasteiger partial charge in [0.2, 0.25) is 11.8 Å². The van der Waals surface area contributed by atoms with Gasteiger partial charge in [0, 0.05) is 31.0 Å². The first kappa shape index (κ1) is 35.3. The average Bonchev–Trinajstić information content (AvgIpc) is 3.37. The Morgan fingerprint density at radius 3 is 2.54 bits per heavy atom. The Balaban J connectivity index is 1.49. The first-order valence-corrected chi connectivity index (χ1v) is 15.8. The van der Waals surface area contributed by atoms with Crippen molar-refractivity contribution in [2.24, 2.45) is 11.6 Å². The summed E-state index contributed by atoms with van der Waals surface area (Å²) in [6, 6.07) is 1.17. The number of nitrogens with zero attached hydrogens (tertiary/aromatic N) is 1. The zero-order valence-electron chi connectivity index (χ0n) is 27.1. The number of aryl methyl sites for hydroxylation is 1. The summed E-state index contributed by atoms with van der Waals surface area (Å²) in [6.07, 6.45) is 1.42. The fourth-order valence-electron chi connectivity index (χ4n) is 6.96. The molecule has 2 amide bonds. The highest BCUT2D eigenvalue weighted by atomic mass is 16.6. The summed E-state index contributed by atoms with van der Waals surface area (Å²) in [7, 11) is 0. The lowest BCUT2D eigenvalue weighted by molar-refractivity contribution is -0.174. The molecular weight excluding hydrogens is 598 g/mol. The van der Waals surface area contributed by atoms with Crippen molar-refractivity contribution in [1.82, 2.24) is 15.6 Å². The number of hydrogen-bond acceptors (Lipinski definition) is 12. The summed E-state index contributed by atoms with van der Waals surface area (Å²) in [5.41, 5.74) is 5.24. The summed E-state index contributed by atoms with van der Waals surface area (Å²) in [4.78, 5) is 50.6. The summed E-state index contributed by atoms with van der Waals surface area (Å²) in [6.45, 7) is 8.39. The molecule has 1 aromatic carbocycles. The molecule has 1 saturated heterocycles. The van der Waals surface area contributed by atoms with E-state index in [0.717, 1.165) is 11.1 Å². The Hall–Kier alpha value is -3.56. The number of nitrogens with one attached hydrogen (secondary N) is 2. The highest BCUT2D eigenvalue weighted by Gasteiger charge is 2.69. The number of esters is 2. The summed E-state index contributed by atoms with van der Waals surface area (Å²) < 4.78 is 17.6. The zero-order valence-corrected chi connectivity index (χ0v) is 27.1. The molecule has 254 valence electrons. The molecule has 2 heterocycles. The molecule has 4 rings (SSSR count). The first-order chi connectivity index (χ1) is 21.7. The van der Waals surface area contributed by atoms with Crippen molar-refractivity contribution in [3.05, 3.63) is 40.7 Å². The Labute approximate surface area is 268 Å². The Bertz CT molecular complexity index is 1390. The lowest BCUT2D eigenvalue weighted by atomic mass is 9.54. The second kappa shape index (κ2) is 14.1. The average molecular weight is 646 g/mol. The Kier molecular flexibility index (Phi) is 10.8. The van der Waals surface area contributed by atoms with Crippen molar-refractivity contribution >= 4 is 23.8 Å². The standard InChI is InChI=1S/C32H47N5O9/c1-17-9-10-22(16-38)26-25(17)31-13-15-37(34)20(4)32(31,43)12-11-24(27(31)46-26)45-30(42)19(3)44-29(41)18(2)35-28(40)23(36-21(5)39)8-6-7-14-33/h9-11,18-20,23,27,38,43H,6-8,12-16,33-34H2,1-5H3,(H,35,40)(H,36,39)/t18-,19-,20+,23-,27-,31-,32+/m0/s1. The SMILES string of the molecule is CC(=O)N[C@@H](CCCCN)C(=O)N[C@@H](C)C(=O)O[C@@H](C)C(=O)OC1=CC[C@@]2(O)[C@@H](C)N(N)CC[C@@]23c2c(C)ccc(CO)c2O[C@@H]13. The molecule has 7 atom stereocenters. The fourth-order valence-corrected chi connectivity index (χ4v) is 6.96. The van der Waals surface area contributed by atoms with Gasteiger partial charge in [0.05, 0.1) is 23.7 Å². The van der Waals surface area contributed by atoms with Gasteiger partial charge in [-0.05, 0) is 71.6 Å². The molecule has 0 saturated carbocycles. The third-order valence-corrected chi connectivity index (χ3v) is 9.54. The highest BCUT2D eigenvalue weighted by molar-refractivity contribution is 5.90. The lowest BCUT2D eigenvalue weighted by Gasteiger charge is -2.58. The monoisotopic (exact) mass is 645 g/mol. The van der Waals surface area contributed by atoms with Crippen LogP contribution in [0.2, 0.25) is 0 Å². The third-order valence-electron chi connectivity index (χ3n) is 9.54. The fraction of sp³-hybridized carbons (Fsp3) is 0.625. The molecule has 0 radical (unpaired) electrons. The molecule has 1 fully saturated rings. The van der Waals surface area contributed by atoms with E-state index >= 15 is 0 Å². The first-order valence-electron chi connectivity index (χ1n) is 15.8. The number of carbonyl (C=O) groups is 4. The maximum atomic E-state index is 13.3. The topological polar surface area (TPSA) is 216 Å². The second-order valence-corrected chi connectivity index (χ2v) is 12.5.